The van der Waals surface area contributed by atoms with Crippen LogP contribution in [0.25, 0.3) is 0 Å². The fraction of sp³-hybridized carbons (Fsp3) is 0.444. The standard InChI is InChI=1S/C18H20F3NO4/c1-3-8-26-15-5-4-12(18(19,20)21)9-14(15)16(23)22-7-6-13(17(24)25)11(2)10-22/h3-5,9,11,13H,1,6-8,10H2,2H3,(H,24,25). The van der Waals surface area contributed by atoms with Crippen molar-refractivity contribution in [3.8, 4) is 5.75 Å². The fourth-order valence-electron chi connectivity index (χ4n) is 3.02. The second kappa shape index (κ2) is 7.80. The first-order chi connectivity index (χ1) is 12.1. The number of ether oxygens (including phenoxy) is 1. The van der Waals surface area contributed by atoms with Crippen molar-refractivity contribution in [2.24, 2.45) is 11.8 Å². The predicted molar refractivity (Wildman–Crippen MR) is 87.9 cm³/mol. The van der Waals surface area contributed by atoms with Crippen molar-refractivity contribution in [2.75, 3.05) is 19.7 Å². The van der Waals surface area contributed by atoms with E-state index in [1.54, 1.807) is 6.92 Å². The van der Waals surface area contributed by atoms with Gasteiger partial charge >= 0.3 is 12.1 Å². The van der Waals surface area contributed by atoms with Gasteiger partial charge in [0.05, 0.1) is 17.0 Å². The molecule has 0 radical (unpaired) electrons. The largest absolute Gasteiger partial charge is 0.489 e. The van der Waals surface area contributed by atoms with Gasteiger partial charge in [0.15, 0.2) is 0 Å². The quantitative estimate of drug-likeness (QED) is 0.805. The van der Waals surface area contributed by atoms with E-state index in [0.717, 1.165) is 18.2 Å². The Bertz CT molecular complexity index is 702. The molecule has 1 saturated heterocycles. The second-order valence-electron chi connectivity index (χ2n) is 6.27. The maximum Gasteiger partial charge on any atom is 0.416 e. The number of nitrogens with zero attached hydrogens (tertiary/aromatic N) is 1. The topological polar surface area (TPSA) is 66.8 Å². The number of hydrogen-bond acceptors (Lipinski definition) is 3. The molecule has 26 heavy (non-hydrogen) atoms. The number of amides is 1. The summed E-state index contributed by atoms with van der Waals surface area (Å²) in [5.41, 5.74) is -1.14. The smallest absolute Gasteiger partial charge is 0.416 e. The van der Waals surface area contributed by atoms with Gasteiger partial charge in [0.1, 0.15) is 12.4 Å². The number of alkyl halides is 3. The molecule has 1 heterocycles. The monoisotopic (exact) mass is 371 g/mol. The van der Waals surface area contributed by atoms with Gasteiger partial charge in [-0.1, -0.05) is 19.6 Å². The van der Waals surface area contributed by atoms with Gasteiger partial charge in [0.2, 0.25) is 0 Å². The molecular weight excluding hydrogens is 351 g/mol. The van der Waals surface area contributed by atoms with Crippen LogP contribution in [0.3, 0.4) is 0 Å². The summed E-state index contributed by atoms with van der Waals surface area (Å²) in [6, 6.07) is 2.75. The summed E-state index contributed by atoms with van der Waals surface area (Å²) in [5, 5.41) is 9.16. The van der Waals surface area contributed by atoms with E-state index in [4.69, 9.17) is 9.84 Å². The predicted octanol–water partition coefficient (Wildman–Crippen LogP) is 3.45. The van der Waals surface area contributed by atoms with E-state index in [1.807, 2.05) is 0 Å². The molecule has 0 aromatic heterocycles. The molecule has 142 valence electrons. The second-order valence-corrected chi connectivity index (χ2v) is 6.27. The lowest BCUT2D eigenvalue weighted by molar-refractivity contribution is -0.145. The number of hydrogen-bond donors (Lipinski definition) is 1. The summed E-state index contributed by atoms with van der Waals surface area (Å²) in [7, 11) is 0. The van der Waals surface area contributed by atoms with Crippen molar-refractivity contribution in [1.29, 1.82) is 0 Å². The number of piperidine rings is 1. The number of aliphatic carboxylic acids is 1. The fourth-order valence-corrected chi connectivity index (χ4v) is 3.02. The van der Waals surface area contributed by atoms with Gasteiger partial charge in [0, 0.05) is 13.1 Å². The SMILES string of the molecule is C=CCOc1ccc(C(F)(F)F)cc1C(=O)N1CCC(C(=O)O)C(C)C1. The molecule has 8 heteroatoms. The lowest BCUT2D eigenvalue weighted by Crippen LogP contribution is -2.45. The summed E-state index contributed by atoms with van der Waals surface area (Å²) in [6.45, 7) is 5.55. The molecule has 0 saturated carbocycles. The lowest BCUT2D eigenvalue weighted by Gasteiger charge is -2.35. The van der Waals surface area contributed by atoms with Crippen molar-refractivity contribution in [3.05, 3.63) is 42.0 Å². The van der Waals surface area contributed by atoms with E-state index in [9.17, 15) is 22.8 Å². The van der Waals surface area contributed by atoms with Crippen molar-refractivity contribution in [2.45, 2.75) is 19.5 Å². The van der Waals surface area contributed by atoms with E-state index < -0.39 is 29.5 Å². The molecule has 2 rings (SSSR count). The Morgan fingerprint density at radius 3 is 2.65 bits per heavy atom. The van der Waals surface area contributed by atoms with Gasteiger partial charge in [0.25, 0.3) is 5.91 Å². The third kappa shape index (κ3) is 4.36. The summed E-state index contributed by atoms with van der Waals surface area (Å²) in [5.74, 6) is -2.37. The molecule has 1 aromatic rings. The Balaban J connectivity index is 2.31. The van der Waals surface area contributed by atoms with Crippen LogP contribution in [0.4, 0.5) is 13.2 Å². The van der Waals surface area contributed by atoms with E-state index >= 15 is 0 Å². The Labute approximate surface area is 149 Å². The molecule has 1 aromatic carbocycles. The summed E-state index contributed by atoms with van der Waals surface area (Å²) < 4.78 is 44.4. The molecule has 0 bridgehead atoms. The minimum atomic E-state index is -4.59. The number of likely N-dealkylation sites (tertiary alicyclic amines) is 1. The highest BCUT2D eigenvalue weighted by atomic mass is 19.4. The van der Waals surface area contributed by atoms with Gasteiger partial charge in [-0.05, 0) is 30.5 Å². The maximum absolute atomic E-state index is 13.0. The Hall–Kier alpha value is -2.51. The van der Waals surface area contributed by atoms with Crippen LogP contribution in [0.15, 0.2) is 30.9 Å². The zero-order chi connectivity index (χ0) is 19.5. The minimum Gasteiger partial charge on any atom is -0.489 e. The maximum atomic E-state index is 13.0. The van der Waals surface area contributed by atoms with Crippen LogP contribution in [0.1, 0.15) is 29.3 Å². The molecular formula is C18H20F3NO4. The summed E-state index contributed by atoms with van der Waals surface area (Å²) >= 11 is 0. The van der Waals surface area contributed by atoms with Crippen molar-refractivity contribution >= 4 is 11.9 Å². The first-order valence-corrected chi connectivity index (χ1v) is 8.12. The average molecular weight is 371 g/mol. The molecule has 1 amide bonds. The van der Waals surface area contributed by atoms with Crippen LogP contribution in [0.2, 0.25) is 0 Å². The normalized spacial score (nSPS) is 20.5. The number of benzene rings is 1. The molecule has 1 fully saturated rings. The molecule has 0 spiro atoms. The van der Waals surface area contributed by atoms with Crippen molar-refractivity contribution < 1.29 is 32.6 Å². The zero-order valence-corrected chi connectivity index (χ0v) is 14.3. The number of carbonyl (C=O) groups excluding carboxylic acids is 1. The van der Waals surface area contributed by atoms with Crippen LogP contribution in [0, 0.1) is 11.8 Å². The molecule has 5 nitrogen and oxygen atoms in total. The van der Waals surface area contributed by atoms with Crippen LogP contribution < -0.4 is 4.74 Å². The van der Waals surface area contributed by atoms with E-state index in [-0.39, 0.29) is 43.3 Å². The molecule has 1 aliphatic heterocycles. The van der Waals surface area contributed by atoms with Crippen LogP contribution in [-0.4, -0.2) is 41.6 Å². The number of carbonyl (C=O) groups is 2. The molecule has 0 aliphatic carbocycles. The van der Waals surface area contributed by atoms with Gasteiger partial charge < -0.3 is 14.7 Å². The third-order valence-electron chi connectivity index (χ3n) is 4.40. The van der Waals surface area contributed by atoms with Crippen LogP contribution >= 0.6 is 0 Å². The molecule has 2 unspecified atom stereocenters. The number of rotatable bonds is 5. The average Bonchev–Trinajstić information content (AvgIpc) is 2.57. The number of halogens is 3. The van der Waals surface area contributed by atoms with E-state index in [1.165, 1.54) is 11.0 Å². The van der Waals surface area contributed by atoms with Gasteiger partial charge in [-0.3, -0.25) is 9.59 Å². The van der Waals surface area contributed by atoms with Crippen LogP contribution in [-0.2, 0) is 11.0 Å². The van der Waals surface area contributed by atoms with Crippen molar-refractivity contribution in [3.63, 3.8) is 0 Å². The number of carboxylic acids is 1. The van der Waals surface area contributed by atoms with Gasteiger partial charge in [-0.2, -0.15) is 13.2 Å². The first-order valence-electron chi connectivity index (χ1n) is 8.12. The summed E-state index contributed by atoms with van der Waals surface area (Å²) in [4.78, 5) is 25.3. The Kier molecular flexibility index (Phi) is 5.94. The minimum absolute atomic E-state index is 0.0379. The van der Waals surface area contributed by atoms with Crippen molar-refractivity contribution in [1.82, 2.24) is 4.90 Å². The van der Waals surface area contributed by atoms with Crippen LogP contribution in [0.5, 0.6) is 5.75 Å². The Morgan fingerprint density at radius 1 is 1.42 bits per heavy atom. The molecule has 1 aliphatic rings. The highest BCUT2D eigenvalue weighted by molar-refractivity contribution is 5.97. The molecule has 2 atom stereocenters. The highest BCUT2D eigenvalue weighted by Gasteiger charge is 2.36. The third-order valence-corrected chi connectivity index (χ3v) is 4.40. The highest BCUT2D eigenvalue weighted by Crippen LogP contribution is 2.34. The Morgan fingerprint density at radius 2 is 2.12 bits per heavy atom. The summed E-state index contributed by atoms with van der Waals surface area (Å²) in [6.07, 6.45) is -2.91. The number of carboxylic acid groups (broad SMARTS) is 1. The van der Waals surface area contributed by atoms with E-state index in [0.29, 0.717) is 0 Å². The lowest BCUT2D eigenvalue weighted by atomic mass is 9.86. The van der Waals surface area contributed by atoms with Gasteiger partial charge in [-0.25, -0.2) is 0 Å². The first kappa shape index (κ1) is 19.8. The van der Waals surface area contributed by atoms with Gasteiger partial charge in [-0.15, -0.1) is 0 Å². The molecule has 1 N–H and O–H groups in total. The zero-order valence-electron chi connectivity index (χ0n) is 14.3. The van der Waals surface area contributed by atoms with E-state index in [2.05, 4.69) is 6.58 Å².